The standard InChI is InChI=1S/C16H27NO/c1-4-18-12-8-11-17-16(13-14(2)3)15-9-6-5-7-10-15/h5-7,9-10,14,16-17H,4,8,11-13H2,1-3H3. The summed E-state index contributed by atoms with van der Waals surface area (Å²) >= 11 is 0. The molecule has 1 aromatic carbocycles. The molecule has 1 aromatic rings. The second kappa shape index (κ2) is 9.12. The van der Waals surface area contributed by atoms with Gasteiger partial charge >= 0.3 is 0 Å². The first-order chi connectivity index (χ1) is 8.74. The molecule has 0 aromatic heterocycles. The number of nitrogens with one attached hydrogen (secondary N) is 1. The van der Waals surface area contributed by atoms with Crippen LogP contribution in [0.1, 0.15) is 45.2 Å². The molecule has 102 valence electrons. The zero-order chi connectivity index (χ0) is 13.2. The third kappa shape index (κ3) is 6.18. The molecule has 0 amide bonds. The van der Waals surface area contributed by atoms with Gasteiger partial charge in [0, 0.05) is 19.3 Å². The molecule has 18 heavy (non-hydrogen) atoms. The van der Waals surface area contributed by atoms with E-state index in [-0.39, 0.29) is 0 Å². The van der Waals surface area contributed by atoms with Crippen molar-refractivity contribution in [2.24, 2.45) is 5.92 Å². The summed E-state index contributed by atoms with van der Waals surface area (Å²) in [5.74, 6) is 0.703. The lowest BCUT2D eigenvalue weighted by atomic mass is 9.97. The van der Waals surface area contributed by atoms with Gasteiger partial charge in [-0.2, -0.15) is 0 Å². The van der Waals surface area contributed by atoms with E-state index in [2.05, 4.69) is 49.5 Å². The Bertz CT molecular complexity index is 297. The molecule has 0 saturated carbocycles. The molecule has 0 saturated heterocycles. The number of hydrogen-bond donors (Lipinski definition) is 1. The predicted octanol–water partition coefficient (Wildman–Crippen LogP) is 3.79. The minimum atomic E-state index is 0.466. The van der Waals surface area contributed by atoms with Gasteiger partial charge in [-0.1, -0.05) is 44.2 Å². The maximum Gasteiger partial charge on any atom is 0.0477 e. The zero-order valence-electron chi connectivity index (χ0n) is 12.0. The van der Waals surface area contributed by atoms with Crippen LogP contribution in [0.15, 0.2) is 30.3 Å². The van der Waals surface area contributed by atoms with Crippen LogP contribution in [0.25, 0.3) is 0 Å². The van der Waals surface area contributed by atoms with Gasteiger partial charge in [0.15, 0.2) is 0 Å². The Hall–Kier alpha value is -0.860. The van der Waals surface area contributed by atoms with Gasteiger partial charge in [0.25, 0.3) is 0 Å². The van der Waals surface area contributed by atoms with Crippen LogP contribution in [0.3, 0.4) is 0 Å². The van der Waals surface area contributed by atoms with Gasteiger partial charge in [-0.25, -0.2) is 0 Å². The SMILES string of the molecule is CCOCCCNC(CC(C)C)c1ccccc1. The number of rotatable bonds is 9. The summed E-state index contributed by atoms with van der Waals surface area (Å²) in [6, 6.07) is 11.2. The highest BCUT2D eigenvalue weighted by molar-refractivity contribution is 5.18. The third-order valence-electron chi connectivity index (χ3n) is 2.97. The Kier molecular flexibility index (Phi) is 7.70. The van der Waals surface area contributed by atoms with E-state index in [1.807, 2.05) is 6.92 Å². The molecular formula is C16H27NO. The Balaban J connectivity index is 2.41. The Morgan fingerprint density at radius 2 is 1.89 bits per heavy atom. The number of benzene rings is 1. The van der Waals surface area contributed by atoms with Crippen molar-refractivity contribution in [1.82, 2.24) is 5.32 Å². The van der Waals surface area contributed by atoms with Crippen LogP contribution in [-0.2, 0) is 4.74 Å². The fraction of sp³-hybridized carbons (Fsp3) is 0.625. The monoisotopic (exact) mass is 249 g/mol. The molecule has 0 radical (unpaired) electrons. The molecule has 0 heterocycles. The van der Waals surface area contributed by atoms with Gasteiger partial charge in [0.2, 0.25) is 0 Å². The summed E-state index contributed by atoms with van der Waals surface area (Å²) in [7, 11) is 0. The molecule has 1 unspecified atom stereocenters. The quantitative estimate of drug-likeness (QED) is 0.672. The highest BCUT2D eigenvalue weighted by atomic mass is 16.5. The molecule has 2 heteroatoms. The lowest BCUT2D eigenvalue weighted by Crippen LogP contribution is -2.24. The molecule has 1 rings (SSSR count). The maximum absolute atomic E-state index is 5.36. The van der Waals surface area contributed by atoms with Crippen molar-refractivity contribution in [2.45, 2.75) is 39.7 Å². The molecular weight excluding hydrogens is 222 g/mol. The molecule has 0 aliphatic carbocycles. The fourth-order valence-electron chi connectivity index (χ4n) is 2.09. The van der Waals surface area contributed by atoms with E-state index in [4.69, 9.17) is 4.74 Å². The smallest absolute Gasteiger partial charge is 0.0477 e. The van der Waals surface area contributed by atoms with E-state index in [1.54, 1.807) is 0 Å². The normalized spacial score (nSPS) is 12.9. The van der Waals surface area contributed by atoms with E-state index < -0.39 is 0 Å². The van der Waals surface area contributed by atoms with Crippen LogP contribution in [0.5, 0.6) is 0 Å². The first-order valence-electron chi connectivity index (χ1n) is 7.10. The van der Waals surface area contributed by atoms with Crippen molar-refractivity contribution < 1.29 is 4.74 Å². The maximum atomic E-state index is 5.36. The summed E-state index contributed by atoms with van der Waals surface area (Å²) in [6.45, 7) is 9.28. The van der Waals surface area contributed by atoms with Crippen molar-refractivity contribution in [3.8, 4) is 0 Å². The minimum absolute atomic E-state index is 0.466. The summed E-state index contributed by atoms with van der Waals surface area (Å²) in [6.07, 6.45) is 2.26. The van der Waals surface area contributed by atoms with E-state index in [9.17, 15) is 0 Å². The van der Waals surface area contributed by atoms with Crippen LogP contribution < -0.4 is 5.32 Å². The fourth-order valence-corrected chi connectivity index (χ4v) is 2.09. The van der Waals surface area contributed by atoms with E-state index in [0.29, 0.717) is 12.0 Å². The van der Waals surface area contributed by atoms with E-state index in [0.717, 1.165) is 26.2 Å². The van der Waals surface area contributed by atoms with Crippen LogP contribution in [-0.4, -0.2) is 19.8 Å². The van der Waals surface area contributed by atoms with Gasteiger partial charge in [0.1, 0.15) is 0 Å². The lowest BCUT2D eigenvalue weighted by Gasteiger charge is -2.21. The minimum Gasteiger partial charge on any atom is -0.382 e. The Labute approximate surface area is 112 Å². The van der Waals surface area contributed by atoms with Crippen LogP contribution in [0.4, 0.5) is 0 Å². The van der Waals surface area contributed by atoms with Gasteiger partial charge in [-0.15, -0.1) is 0 Å². The van der Waals surface area contributed by atoms with E-state index in [1.165, 1.54) is 12.0 Å². The van der Waals surface area contributed by atoms with Gasteiger partial charge in [-0.3, -0.25) is 0 Å². The molecule has 0 fully saturated rings. The number of hydrogen-bond acceptors (Lipinski definition) is 2. The summed E-state index contributed by atoms with van der Waals surface area (Å²) in [4.78, 5) is 0. The predicted molar refractivity (Wildman–Crippen MR) is 77.8 cm³/mol. The molecule has 1 N–H and O–H groups in total. The first kappa shape index (κ1) is 15.2. The second-order valence-electron chi connectivity index (χ2n) is 5.10. The van der Waals surface area contributed by atoms with Crippen molar-refractivity contribution in [2.75, 3.05) is 19.8 Å². The third-order valence-corrected chi connectivity index (χ3v) is 2.97. The highest BCUT2D eigenvalue weighted by Gasteiger charge is 2.11. The number of ether oxygens (including phenoxy) is 1. The summed E-state index contributed by atoms with van der Waals surface area (Å²) in [5.41, 5.74) is 1.39. The summed E-state index contributed by atoms with van der Waals surface area (Å²) in [5, 5.41) is 3.65. The van der Waals surface area contributed by atoms with Gasteiger partial charge < -0.3 is 10.1 Å². The van der Waals surface area contributed by atoms with Crippen molar-refractivity contribution in [3.63, 3.8) is 0 Å². The van der Waals surface area contributed by atoms with Crippen LogP contribution in [0, 0.1) is 5.92 Å². The average molecular weight is 249 g/mol. The van der Waals surface area contributed by atoms with Crippen molar-refractivity contribution in [1.29, 1.82) is 0 Å². The Morgan fingerprint density at radius 1 is 1.17 bits per heavy atom. The average Bonchev–Trinajstić information content (AvgIpc) is 2.38. The zero-order valence-corrected chi connectivity index (χ0v) is 12.0. The molecule has 0 aliphatic heterocycles. The molecule has 1 atom stereocenters. The highest BCUT2D eigenvalue weighted by Crippen LogP contribution is 2.20. The van der Waals surface area contributed by atoms with Crippen LogP contribution in [0.2, 0.25) is 0 Å². The first-order valence-corrected chi connectivity index (χ1v) is 7.10. The summed E-state index contributed by atoms with van der Waals surface area (Å²) < 4.78 is 5.36. The largest absolute Gasteiger partial charge is 0.382 e. The lowest BCUT2D eigenvalue weighted by molar-refractivity contribution is 0.144. The van der Waals surface area contributed by atoms with Gasteiger partial charge in [0.05, 0.1) is 0 Å². The van der Waals surface area contributed by atoms with Crippen molar-refractivity contribution >= 4 is 0 Å². The second-order valence-corrected chi connectivity index (χ2v) is 5.10. The molecule has 0 spiro atoms. The molecule has 0 bridgehead atoms. The molecule has 2 nitrogen and oxygen atoms in total. The van der Waals surface area contributed by atoms with Crippen molar-refractivity contribution in [3.05, 3.63) is 35.9 Å². The Morgan fingerprint density at radius 3 is 2.50 bits per heavy atom. The molecule has 0 aliphatic rings. The van der Waals surface area contributed by atoms with Crippen LogP contribution >= 0.6 is 0 Å². The topological polar surface area (TPSA) is 21.3 Å². The van der Waals surface area contributed by atoms with Gasteiger partial charge in [-0.05, 0) is 37.8 Å². The van der Waals surface area contributed by atoms with E-state index >= 15 is 0 Å².